The monoisotopic (exact) mass is 180 g/mol. The minimum absolute atomic E-state index is 0.239. The first-order valence-electron chi connectivity index (χ1n) is 3.91. The van der Waals surface area contributed by atoms with Crippen molar-refractivity contribution in [3.63, 3.8) is 0 Å². The van der Waals surface area contributed by atoms with Crippen molar-refractivity contribution in [2.45, 2.75) is 6.92 Å². The molecule has 0 aliphatic carbocycles. The van der Waals surface area contributed by atoms with Crippen LogP contribution in [0.25, 0.3) is 0 Å². The highest BCUT2D eigenvalue weighted by molar-refractivity contribution is 5.94. The molecule has 0 aromatic carbocycles. The van der Waals surface area contributed by atoms with Gasteiger partial charge in [0, 0.05) is 13.2 Å². The minimum atomic E-state index is -0.239. The number of amides is 1. The second-order valence-corrected chi connectivity index (χ2v) is 2.64. The molecule has 0 unspecified atom stereocenters. The Labute approximate surface area is 76.9 Å². The summed E-state index contributed by atoms with van der Waals surface area (Å²) in [5, 5.41) is 2.49. The second kappa shape index (κ2) is 3.89. The number of carbonyl (C=O) groups is 1. The van der Waals surface area contributed by atoms with E-state index in [2.05, 4.69) is 10.3 Å². The zero-order chi connectivity index (χ0) is 9.84. The topological polar surface area (TPSA) is 51.2 Å². The van der Waals surface area contributed by atoms with E-state index in [9.17, 15) is 4.79 Å². The van der Waals surface area contributed by atoms with Gasteiger partial charge in [0.15, 0.2) is 5.69 Å². The SMILES string of the molecule is CNC(=O)c1ncc(C)cc1OC. The van der Waals surface area contributed by atoms with Crippen molar-refractivity contribution >= 4 is 5.91 Å². The summed E-state index contributed by atoms with van der Waals surface area (Å²) in [7, 11) is 3.08. The molecule has 0 saturated carbocycles. The molecule has 0 aliphatic rings. The predicted molar refractivity (Wildman–Crippen MR) is 48.9 cm³/mol. The van der Waals surface area contributed by atoms with Gasteiger partial charge in [0.1, 0.15) is 5.75 Å². The number of hydrogen-bond acceptors (Lipinski definition) is 3. The third-order valence-corrected chi connectivity index (χ3v) is 1.65. The molecule has 4 nitrogen and oxygen atoms in total. The number of aromatic nitrogens is 1. The maximum atomic E-state index is 11.3. The quantitative estimate of drug-likeness (QED) is 0.731. The van der Waals surface area contributed by atoms with Gasteiger partial charge in [-0.25, -0.2) is 4.98 Å². The van der Waals surface area contributed by atoms with E-state index in [0.29, 0.717) is 11.4 Å². The van der Waals surface area contributed by atoms with E-state index in [-0.39, 0.29) is 5.91 Å². The molecule has 0 bridgehead atoms. The largest absolute Gasteiger partial charge is 0.494 e. The molecule has 70 valence electrons. The van der Waals surface area contributed by atoms with Crippen LogP contribution in [0.1, 0.15) is 16.1 Å². The summed E-state index contributed by atoms with van der Waals surface area (Å²) in [6.45, 7) is 1.89. The normalized spacial score (nSPS) is 9.46. The molecule has 0 spiro atoms. The number of rotatable bonds is 2. The van der Waals surface area contributed by atoms with Crippen LogP contribution in [0.15, 0.2) is 12.3 Å². The highest BCUT2D eigenvalue weighted by Crippen LogP contribution is 2.16. The van der Waals surface area contributed by atoms with Crippen LogP contribution in [0.4, 0.5) is 0 Å². The fraction of sp³-hybridized carbons (Fsp3) is 0.333. The van der Waals surface area contributed by atoms with Gasteiger partial charge in [-0.2, -0.15) is 0 Å². The Balaban J connectivity index is 3.13. The first-order chi connectivity index (χ1) is 6.19. The number of pyridine rings is 1. The third-order valence-electron chi connectivity index (χ3n) is 1.65. The third kappa shape index (κ3) is 1.96. The highest BCUT2D eigenvalue weighted by atomic mass is 16.5. The van der Waals surface area contributed by atoms with Crippen LogP contribution in [0, 0.1) is 6.92 Å². The number of ether oxygens (including phenoxy) is 1. The molecule has 1 aromatic rings. The Morgan fingerprint density at radius 2 is 2.31 bits per heavy atom. The molecule has 1 rings (SSSR count). The van der Waals surface area contributed by atoms with Crippen LogP contribution in [0.2, 0.25) is 0 Å². The van der Waals surface area contributed by atoms with Crippen LogP contribution >= 0.6 is 0 Å². The summed E-state index contributed by atoms with van der Waals surface area (Å²) in [4.78, 5) is 15.2. The zero-order valence-electron chi connectivity index (χ0n) is 7.92. The van der Waals surface area contributed by atoms with Gasteiger partial charge in [0.2, 0.25) is 0 Å². The van der Waals surface area contributed by atoms with Gasteiger partial charge in [-0.15, -0.1) is 0 Å². The number of hydrogen-bond donors (Lipinski definition) is 1. The molecule has 0 radical (unpaired) electrons. The lowest BCUT2D eigenvalue weighted by Crippen LogP contribution is -2.20. The fourth-order valence-electron chi connectivity index (χ4n) is 0.987. The van der Waals surface area contributed by atoms with E-state index >= 15 is 0 Å². The minimum Gasteiger partial charge on any atom is -0.494 e. The average Bonchev–Trinajstić information content (AvgIpc) is 2.16. The molecule has 1 aromatic heterocycles. The Hall–Kier alpha value is -1.58. The fourth-order valence-corrected chi connectivity index (χ4v) is 0.987. The maximum absolute atomic E-state index is 11.3. The van der Waals surface area contributed by atoms with Crippen molar-refractivity contribution in [3.8, 4) is 5.75 Å². The molecule has 0 saturated heterocycles. The summed E-state index contributed by atoms with van der Waals surface area (Å²) in [5.41, 5.74) is 1.28. The average molecular weight is 180 g/mol. The molecule has 1 heterocycles. The predicted octanol–water partition coefficient (Wildman–Crippen LogP) is 0.758. The summed E-state index contributed by atoms with van der Waals surface area (Å²) in [5.74, 6) is 0.260. The number of nitrogens with one attached hydrogen (secondary N) is 1. The lowest BCUT2D eigenvalue weighted by Gasteiger charge is -2.06. The van der Waals surface area contributed by atoms with E-state index in [1.54, 1.807) is 19.3 Å². The van der Waals surface area contributed by atoms with Gasteiger partial charge in [0.05, 0.1) is 7.11 Å². The van der Waals surface area contributed by atoms with Gasteiger partial charge in [-0.05, 0) is 18.6 Å². The smallest absolute Gasteiger partial charge is 0.273 e. The standard InChI is InChI=1S/C9H12N2O2/c1-6-4-7(13-3)8(11-5-6)9(12)10-2/h4-5H,1-3H3,(H,10,12). The summed E-state index contributed by atoms with van der Waals surface area (Å²) in [6.07, 6.45) is 1.63. The first-order valence-corrected chi connectivity index (χ1v) is 3.91. The Kier molecular flexibility index (Phi) is 2.84. The van der Waals surface area contributed by atoms with Gasteiger partial charge in [-0.1, -0.05) is 0 Å². The molecular weight excluding hydrogens is 168 g/mol. The molecule has 1 amide bonds. The zero-order valence-corrected chi connectivity index (χ0v) is 7.92. The number of aryl methyl sites for hydroxylation is 1. The van der Waals surface area contributed by atoms with E-state index in [0.717, 1.165) is 5.56 Å². The van der Waals surface area contributed by atoms with E-state index in [4.69, 9.17) is 4.74 Å². The van der Waals surface area contributed by atoms with Gasteiger partial charge < -0.3 is 10.1 Å². The first kappa shape index (κ1) is 9.51. The summed E-state index contributed by atoms with van der Waals surface area (Å²) < 4.78 is 5.03. The van der Waals surface area contributed by atoms with E-state index in [1.807, 2.05) is 6.92 Å². The van der Waals surface area contributed by atoms with Crippen molar-refractivity contribution in [1.82, 2.24) is 10.3 Å². The Bertz CT molecular complexity index is 323. The van der Waals surface area contributed by atoms with Crippen LogP contribution in [0.5, 0.6) is 5.75 Å². The van der Waals surface area contributed by atoms with Crippen molar-refractivity contribution in [2.24, 2.45) is 0 Å². The second-order valence-electron chi connectivity index (χ2n) is 2.64. The molecule has 0 aliphatic heterocycles. The van der Waals surface area contributed by atoms with Crippen LogP contribution in [-0.4, -0.2) is 25.0 Å². The maximum Gasteiger partial charge on any atom is 0.273 e. The molecule has 4 heteroatoms. The van der Waals surface area contributed by atoms with Gasteiger partial charge in [-0.3, -0.25) is 4.79 Å². The van der Waals surface area contributed by atoms with E-state index < -0.39 is 0 Å². The van der Waals surface area contributed by atoms with Crippen molar-refractivity contribution in [3.05, 3.63) is 23.5 Å². The lowest BCUT2D eigenvalue weighted by atomic mass is 10.2. The van der Waals surface area contributed by atoms with Crippen LogP contribution in [0.3, 0.4) is 0 Å². The Morgan fingerprint density at radius 1 is 1.62 bits per heavy atom. The molecule has 13 heavy (non-hydrogen) atoms. The van der Waals surface area contributed by atoms with Crippen molar-refractivity contribution in [2.75, 3.05) is 14.2 Å². The van der Waals surface area contributed by atoms with Crippen molar-refractivity contribution in [1.29, 1.82) is 0 Å². The van der Waals surface area contributed by atoms with Gasteiger partial charge in [0.25, 0.3) is 5.91 Å². The van der Waals surface area contributed by atoms with Gasteiger partial charge >= 0.3 is 0 Å². The summed E-state index contributed by atoms with van der Waals surface area (Å²) >= 11 is 0. The number of nitrogens with zero attached hydrogens (tertiary/aromatic N) is 1. The van der Waals surface area contributed by atoms with Crippen LogP contribution in [-0.2, 0) is 0 Å². The van der Waals surface area contributed by atoms with E-state index in [1.165, 1.54) is 7.11 Å². The number of carbonyl (C=O) groups excluding carboxylic acids is 1. The number of methoxy groups -OCH3 is 1. The molecule has 0 atom stereocenters. The highest BCUT2D eigenvalue weighted by Gasteiger charge is 2.11. The van der Waals surface area contributed by atoms with Crippen molar-refractivity contribution < 1.29 is 9.53 Å². The Morgan fingerprint density at radius 3 is 2.85 bits per heavy atom. The summed E-state index contributed by atoms with van der Waals surface area (Å²) in [6, 6.07) is 1.78. The molecule has 1 N–H and O–H groups in total. The lowest BCUT2D eigenvalue weighted by molar-refractivity contribution is 0.0955. The van der Waals surface area contributed by atoms with Crippen LogP contribution < -0.4 is 10.1 Å². The molecule has 0 fully saturated rings. The molecular formula is C9H12N2O2.